The van der Waals surface area contributed by atoms with Gasteiger partial charge in [-0.25, -0.2) is 4.79 Å². The van der Waals surface area contributed by atoms with Crippen LogP contribution in [0.25, 0.3) is 0 Å². The van der Waals surface area contributed by atoms with Crippen molar-refractivity contribution in [3.63, 3.8) is 0 Å². The molecule has 0 heterocycles. The normalized spacial score (nSPS) is 14.7. The lowest BCUT2D eigenvalue weighted by Crippen LogP contribution is -2.57. The Morgan fingerprint density at radius 1 is 0.857 bits per heavy atom. The second kappa shape index (κ2) is 11.5. The third kappa shape index (κ3) is 8.91. The molecule has 0 radical (unpaired) electrons. The number of carboxylic acid groups (broad SMARTS) is 2. The van der Waals surface area contributed by atoms with Crippen molar-refractivity contribution in [1.29, 1.82) is 0 Å². The maximum Gasteiger partial charge on any atom is 0.326 e. The second-order valence-corrected chi connectivity index (χ2v) is 5.75. The molecule has 28 heavy (non-hydrogen) atoms. The SMILES string of the molecule is CC(NC(=O)C(N)CC(=O)O)C(=O)NC(CO)C(=O)NC(CC(N)=O)C(=O)O. The van der Waals surface area contributed by atoms with E-state index in [2.05, 4.69) is 10.6 Å². The molecule has 14 heteroatoms. The van der Waals surface area contributed by atoms with Gasteiger partial charge in [-0.2, -0.15) is 0 Å². The van der Waals surface area contributed by atoms with E-state index in [0.717, 1.165) is 0 Å². The number of nitrogens with one attached hydrogen (secondary N) is 3. The number of hydrogen-bond acceptors (Lipinski definition) is 8. The quantitative estimate of drug-likeness (QED) is 0.154. The molecule has 0 aromatic heterocycles. The Bertz CT molecular complexity index is 639. The van der Waals surface area contributed by atoms with Gasteiger partial charge < -0.3 is 42.7 Å². The molecule has 14 nitrogen and oxygen atoms in total. The molecule has 4 atom stereocenters. The molecule has 0 spiro atoms. The Morgan fingerprint density at radius 3 is 1.82 bits per heavy atom. The van der Waals surface area contributed by atoms with Gasteiger partial charge in [-0.05, 0) is 6.92 Å². The number of hydrogen-bond donors (Lipinski definition) is 8. The minimum atomic E-state index is -1.66. The number of aliphatic hydroxyl groups is 1. The van der Waals surface area contributed by atoms with E-state index >= 15 is 0 Å². The Labute approximate surface area is 158 Å². The predicted octanol–water partition coefficient (Wildman–Crippen LogP) is -4.78. The molecule has 0 saturated carbocycles. The first-order valence-electron chi connectivity index (χ1n) is 7.89. The van der Waals surface area contributed by atoms with E-state index in [4.69, 9.17) is 21.7 Å². The maximum atomic E-state index is 12.0. The summed E-state index contributed by atoms with van der Waals surface area (Å²) in [6, 6.07) is -5.92. The first-order chi connectivity index (χ1) is 12.9. The maximum absolute atomic E-state index is 12.0. The van der Waals surface area contributed by atoms with Gasteiger partial charge in [0.1, 0.15) is 18.1 Å². The van der Waals surface area contributed by atoms with Crippen LogP contribution in [0, 0.1) is 0 Å². The highest BCUT2D eigenvalue weighted by atomic mass is 16.4. The molecule has 4 amide bonds. The summed E-state index contributed by atoms with van der Waals surface area (Å²) in [6.45, 7) is 0.292. The van der Waals surface area contributed by atoms with Crippen molar-refractivity contribution in [3.05, 3.63) is 0 Å². The fraction of sp³-hybridized carbons (Fsp3) is 0.571. The van der Waals surface area contributed by atoms with Crippen LogP contribution in [0.5, 0.6) is 0 Å². The number of nitrogens with two attached hydrogens (primary N) is 2. The molecule has 0 aliphatic rings. The molecule has 0 rings (SSSR count). The van der Waals surface area contributed by atoms with Crippen LogP contribution in [-0.4, -0.2) is 81.7 Å². The first kappa shape index (κ1) is 24.7. The summed E-state index contributed by atoms with van der Waals surface area (Å²) in [6.07, 6.45) is -1.38. The number of amides is 4. The van der Waals surface area contributed by atoms with E-state index < -0.39 is 79.2 Å². The zero-order valence-corrected chi connectivity index (χ0v) is 14.9. The van der Waals surface area contributed by atoms with Gasteiger partial charge in [-0.15, -0.1) is 0 Å². The van der Waals surface area contributed by atoms with E-state index in [0.29, 0.717) is 0 Å². The van der Waals surface area contributed by atoms with Crippen LogP contribution in [0.1, 0.15) is 19.8 Å². The Morgan fingerprint density at radius 2 is 1.39 bits per heavy atom. The summed E-state index contributed by atoms with van der Waals surface area (Å²) >= 11 is 0. The Balaban J connectivity index is 4.85. The minimum Gasteiger partial charge on any atom is -0.481 e. The first-order valence-corrected chi connectivity index (χ1v) is 7.89. The lowest BCUT2D eigenvalue weighted by atomic mass is 10.1. The van der Waals surface area contributed by atoms with Gasteiger partial charge in [-0.1, -0.05) is 0 Å². The second-order valence-electron chi connectivity index (χ2n) is 5.75. The van der Waals surface area contributed by atoms with Crippen LogP contribution in [0.15, 0.2) is 0 Å². The molecule has 0 saturated heterocycles. The van der Waals surface area contributed by atoms with Crippen LogP contribution in [0.3, 0.4) is 0 Å². The van der Waals surface area contributed by atoms with E-state index in [-0.39, 0.29) is 0 Å². The Hall–Kier alpha value is -3.26. The molecule has 0 aromatic rings. The molecule has 0 fully saturated rings. The topological polar surface area (TPSA) is 251 Å². The van der Waals surface area contributed by atoms with Crippen molar-refractivity contribution in [2.24, 2.45) is 11.5 Å². The molecule has 4 unspecified atom stereocenters. The standard InChI is InChI=1S/C14H23N5O9/c1-5(17-12(25)6(15)2-10(22)23)11(24)19-8(4-20)13(26)18-7(14(27)28)3-9(16)21/h5-8,20H,2-4,15H2,1H3,(H2,16,21)(H,17,25)(H,18,26)(H,19,24)(H,22,23)(H,27,28). The van der Waals surface area contributed by atoms with Crippen LogP contribution < -0.4 is 27.4 Å². The summed E-state index contributed by atoms with van der Waals surface area (Å²) in [5, 5.41) is 32.9. The number of carboxylic acids is 2. The number of aliphatic carboxylic acids is 2. The van der Waals surface area contributed by atoms with E-state index in [9.17, 15) is 33.9 Å². The molecule has 0 aromatic carbocycles. The number of rotatable bonds is 12. The minimum absolute atomic E-state index is 0.668. The lowest BCUT2D eigenvalue weighted by molar-refractivity contribution is -0.144. The molecule has 0 bridgehead atoms. The third-order valence-electron chi connectivity index (χ3n) is 3.32. The van der Waals surface area contributed by atoms with Gasteiger partial charge >= 0.3 is 11.9 Å². The number of aliphatic hydroxyl groups excluding tert-OH is 1. The van der Waals surface area contributed by atoms with E-state index in [1.54, 1.807) is 0 Å². The zero-order chi connectivity index (χ0) is 22.0. The van der Waals surface area contributed by atoms with E-state index in [1.165, 1.54) is 6.92 Å². The summed E-state index contributed by atoms with van der Waals surface area (Å²) in [5.74, 6) is -6.84. The highest BCUT2D eigenvalue weighted by Crippen LogP contribution is 1.96. The highest BCUT2D eigenvalue weighted by molar-refractivity contribution is 5.95. The lowest BCUT2D eigenvalue weighted by Gasteiger charge is -2.22. The van der Waals surface area contributed by atoms with Crippen molar-refractivity contribution in [2.45, 2.75) is 43.9 Å². The van der Waals surface area contributed by atoms with Gasteiger partial charge in [0.15, 0.2) is 0 Å². The van der Waals surface area contributed by atoms with Crippen molar-refractivity contribution < 1.29 is 44.1 Å². The number of primary amides is 1. The average Bonchev–Trinajstić information content (AvgIpc) is 2.57. The fourth-order valence-corrected chi connectivity index (χ4v) is 1.83. The highest BCUT2D eigenvalue weighted by Gasteiger charge is 2.29. The number of carbonyl (C=O) groups is 6. The fourth-order valence-electron chi connectivity index (χ4n) is 1.83. The molecule has 10 N–H and O–H groups in total. The third-order valence-corrected chi connectivity index (χ3v) is 3.32. The van der Waals surface area contributed by atoms with Gasteiger partial charge in [0.2, 0.25) is 23.6 Å². The monoisotopic (exact) mass is 405 g/mol. The zero-order valence-electron chi connectivity index (χ0n) is 14.9. The van der Waals surface area contributed by atoms with Crippen molar-refractivity contribution >= 4 is 35.6 Å². The Kier molecular flexibility index (Phi) is 10.1. The van der Waals surface area contributed by atoms with Crippen molar-refractivity contribution in [1.82, 2.24) is 16.0 Å². The predicted molar refractivity (Wildman–Crippen MR) is 90.2 cm³/mol. The smallest absolute Gasteiger partial charge is 0.326 e. The van der Waals surface area contributed by atoms with Gasteiger partial charge in [-0.3, -0.25) is 24.0 Å². The van der Waals surface area contributed by atoms with Gasteiger partial charge in [0.05, 0.1) is 25.5 Å². The molecular weight excluding hydrogens is 382 g/mol. The van der Waals surface area contributed by atoms with Gasteiger partial charge in [0.25, 0.3) is 0 Å². The molecular formula is C14H23N5O9. The van der Waals surface area contributed by atoms with E-state index in [1.807, 2.05) is 5.32 Å². The van der Waals surface area contributed by atoms with Crippen molar-refractivity contribution in [3.8, 4) is 0 Å². The summed E-state index contributed by atoms with van der Waals surface area (Å²) in [4.78, 5) is 68.1. The van der Waals surface area contributed by atoms with Crippen LogP contribution in [0.2, 0.25) is 0 Å². The average molecular weight is 405 g/mol. The largest absolute Gasteiger partial charge is 0.481 e. The summed E-state index contributed by atoms with van der Waals surface area (Å²) in [7, 11) is 0. The van der Waals surface area contributed by atoms with Crippen molar-refractivity contribution in [2.75, 3.05) is 6.61 Å². The molecule has 0 aliphatic carbocycles. The van der Waals surface area contributed by atoms with Crippen LogP contribution in [0.4, 0.5) is 0 Å². The summed E-state index contributed by atoms with van der Waals surface area (Å²) in [5.41, 5.74) is 10.2. The summed E-state index contributed by atoms with van der Waals surface area (Å²) < 4.78 is 0. The van der Waals surface area contributed by atoms with Gasteiger partial charge in [0, 0.05) is 0 Å². The number of carbonyl (C=O) groups excluding carboxylic acids is 4. The van der Waals surface area contributed by atoms with Crippen LogP contribution in [-0.2, 0) is 28.8 Å². The molecule has 0 aliphatic heterocycles. The van der Waals surface area contributed by atoms with Crippen LogP contribution >= 0.6 is 0 Å². The molecule has 158 valence electrons.